The van der Waals surface area contributed by atoms with Crippen molar-refractivity contribution >= 4 is 17.5 Å². The molecular weight excluding hydrogens is 294 g/mol. The number of imide groups is 1. The number of carbonyl (C=O) groups is 2. The molecule has 3 aliphatic heterocycles. The predicted molar refractivity (Wildman–Crippen MR) is 84.1 cm³/mol. The van der Waals surface area contributed by atoms with Crippen LogP contribution in [0.3, 0.4) is 0 Å². The minimum absolute atomic E-state index is 0.166. The normalized spacial score (nSPS) is 34.3. The van der Waals surface area contributed by atoms with E-state index >= 15 is 0 Å². The summed E-state index contributed by atoms with van der Waals surface area (Å²) in [7, 11) is 0. The number of amides is 2. The summed E-state index contributed by atoms with van der Waals surface area (Å²) in [6.45, 7) is 4.57. The molecule has 0 unspecified atom stereocenters. The van der Waals surface area contributed by atoms with Gasteiger partial charge in [0, 0.05) is 0 Å². The second-order valence-corrected chi connectivity index (χ2v) is 6.48. The lowest BCUT2D eigenvalue weighted by atomic mass is 9.78. The van der Waals surface area contributed by atoms with Gasteiger partial charge in [-0.05, 0) is 37.6 Å². The van der Waals surface area contributed by atoms with E-state index in [0.717, 1.165) is 12.2 Å². The van der Waals surface area contributed by atoms with Gasteiger partial charge in [-0.1, -0.05) is 19.1 Å². The number of rotatable bonds is 4. The molecule has 4 rings (SSSR count). The van der Waals surface area contributed by atoms with Crippen LogP contribution in [-0.4, -0.2) is 30.1 Å². The molecule has 120 valence electrons. The van der Waals surface area contributed by atoms with Crippen LogP contribution in [0.5, 0.6) is 5.75 Å². The number of hydrogen-bond donors (Lipinski definition) is 0. The van der Waals surface area contributed by atoms with Gasteiger partial charge in [-0.2, -0.15) is 0 Å². The largest absolute Gasteiger partial charge is 0.494 e. The summed E-state index contributed by atoms with van der Waals surface area (Å²) in [5.41, 5.74) is -0.0534. The average Bonchev–Trinajstić information content (AvgIpc) is 3.15. The van der Waals surface area contributed by atoms with Crippen molar-refractivity contribution in [3.8, 4) is 5.75 Å². The van der Waals surface area contributed by atoms with Crippen molar-refractivity contribution in [3.63, 3.8) is 0 Å². The Morgan fingerprint density at radius 1 is 1.22 bits per heavy atom. The summed E-state index contributed by atoms with van der Waals surface area (Å²) in [5.74, 6) is -0.404. The summed E-state index contributed by atoms with van der Waals surface area (Å²) >= 11 is 0. The number of ether oxygens (including phenoxy) is 2. The number of fused-ring (bicyclic) bond motifs is 5. The fourth-order valence-electron chi connectivity index (χ4n) is 3.82. The molecule has 2 amide bonds. The highest BCUT2D eigenvalue weighted by Gasteiger charge is 2.65. The highest BCUT2D eigenvalue weighted by atomic mass is 16.5. The maximum absolute atomic E-state index is 12.8. The van der Waals surface area contributed by atoms with E-state index in [9.17, 15) is 9.59 Å². The molecule has 3 heterocycles. The molecule has 4 atom stereocenters. The monoisotopic (exact) mass is 313 g/mol. The van der Waals surface area contributed by atoms with Crippen molar-refractivity contribution in [3.05, 3.63) is 36.4 Å². The van der Waals surface area contributed by atoms with E-state index < -0.39 is 17.4 Å². The molecule has 0 radical (unpaired) electrons. The van der Waals surface area contributed by atoms with E-state index in [4.69, 9.17) is 9.47 Å². The zero-order valence-electron chi connectivity index (χ0n) is 13.2. The lowest BCUT2D eigenvalue weighted by Crippen LogP contribution is -2.38. The summed E-state index contributed by atoms with van der Waals surface area (Å²) in [5, 5.41) is 0. The van der Waals surface area contributed by atoms with Crippen LogP contribution in [0, 0.1) is 11.8 Å². The van der Waals surface area contributed by atoms with E-state index in [1.807, 2.05) is 26.0 Å². The molecule has 23 heavy (non-hydrogen) atoms. The Morgan fingerprint density at radius 2 is 1.96 bits per heavy atom. The van der Waals surface area contributed by atoms with Crippen LogP contribution in [0.2, 0.25) is 0 Å². The zero-order valence-corrected chi connectivity index (χ0v) is 13.2. The van der Waals surface area contributed by atoms with E-state index in [0.29, 0.717) is 12.3 Å². The molecule has 0 saturated carbocycles. The van der Waals surface area contributed by atoms with E-state index in [1.165, 1.54) is 4.90 Å². The lowest BCUT2D eigenvalue weighted by molar-refractivity contribution is -0.126. The standard InChI is InChI=1S/C18H19NO4/c1-3-10-22-12-6-4-11(5-7-12)19-16(20)14-13-8-9-18(2,23-13)15(14)17(19)21/h4-9,13-15H,3,10H2,1-2H3/t13-,14-,15-,18-/m1/s1. The van der Waals surface area contributed by atoms with Crippen LogP contribution < -0.4 is 9.64 Å². The predicted octanol–water partition coefficient (Wildman–Crippen LogP) is 2.31. The Labute approximate surface area is 134 Å². The lowest BCUT2D eigenvalue weighted by Gasteiger charge is -2.24. The second kappa shape index (κ2) is 4.93. The Kier molecular flexibility index (Phi) is 3.10. The zero-order chi connectivity index (χ0) is 16.2. The summed E-state index contributed by atoms with van der Waals surface area (Å²) in [6.07, 6.45) is 4.46. The van der Waals surface area contributed by atoms with Crippen molar-refractivity contribution in [1.29, 1.82) is 0 Å². The molecule has 2 saturated heterocycles. The quantitative estimate of drug-likeness (QED) is 0.632. The maximum Gasteiger partial charge on any atom is 0.241 e. The van der Waals surface area contributed by atoms with Gasteiger partial charge in [0.25, 0.3) is 0 Å². The molecule has 0 aliphatic carbocycles. The molecule has 0 spiro atoms. The Morgan fingerprint density at radius 3 is 2.61 bits per heavy atom. The van der Waals surface area contributed by atoms with Gasteiger partial charge >= 0.3 is 0 Å². The molecule has 2 bridgehead atoms. The van der Waals surface area contributed by atoms with Gasteiger partial charge < -0.3 is 9.47 Å². The smallest absolute Gasteiger partial charge is 0.241 e. The highest BCUT2D eigenvalue weighted by Crippen LogP contribution is 2.52. The first-order valence-electron chi connectivity index (χ1n) is 8.03. The van der Waals surface area contributed by atoms with Crippen LogP contribution in [0.15, 0.2) is 36.4 Å². The highest BCUT2D eigenvalue weighted by molar-refractivity contribution is 6.23. The fraction of sp³-hybridized carbons (Fsp3) is 0.444. The number of benzene rings is 1. The van der Waals surface area contributed by atoms with Gasteiger partial charge in [0.15, 0.2) is 0 Å². The van der Waals surface area contributed by atoms with Crippen molar-refractivity contribution < 1.29 is 19.1 Å². The number of carbonyl (C=O) groups excluding carboxylic acids is 2. The summed E-state index contributed by atoms with van der Waals surface area (Å²) < 4.78 is 11.4. The van der Waals surface area contributed by atoms with Gasteiger partial charge in [-0.15, -0.1) is 0 Å². The molecule has 5 nitrogen and oxygen atoms in total. The third-order valence-electron chi connectivity index (χ3n) is 4.90. The number of nitrogens with zero attached hydrogens (tertiary/aromatic N) is 1. The van der Waals surface area contributed by atoms with Crippen molar-refractivity contribution in [2.75, 3.05) is 11.5 Å². The molecule has 0 aromatic heterocycles. The molecule has 3 aliphatic rings. The molecule has 0 N–H and O–H groups in total. The third kappa shape index (κ3) is 1.96. The Hall–Kier alpha value is -2.14. The average molecular weight is 313 g/mol. The first-order valence-corrected chi connectivity index (χ1v) is 8.03. The molecule has 1 aromatic carbocycles. The molecular formula is C18H19NO4. The van der Waals surface area contributed by atoms with Gasteiger partial charge in [0.2, 0.25) is 11.8 Å². The van der Waals surface area contributed by atoms with Gasteiger partial charge in [-0.25, -0.2) is 4.90 Å². The summed E-state index contributed by atoms with van der Waals surface area (Å²) in [4.78, 5) is 26.9. The van der Waals surface area contributed by atoms with Crippen molar-refractivity contribution in [2.24, 2.45) is 11.8 Å². The second-order valence-electron chi connectivity index (χ2n) is 6.48. The molecule has 2 fully saturated rings. The van der Waals surface area contributed by atoms with Crippen LogP contribution in [-0.2, 0) is 14.3 Å². The Bertz CT molecular complexity index is 695. The van der Waals surface area contributed by atoms with Crippen molar-refractivity contribution in [1.82, 2.24) is 0 Å². The Balaban J connectivity index is 1.61. The van der Waals surface area contributed by atoms with Crippen molar-refractivity contribution in [2.45, 2.75) is 32.0 Å². The molecule has 5 heteroatoms. The van der Waals surface area contributed by atoms with Gasteiger partial charge in [0.1, 0.15) is 5.75 Å². The minimum atomic E-state index is -0.652. The SMILES string of the molecule is CCCOc1ccc(N2C(=O)[C@@H]3[C@H]4C=C[C@@](C)(O4)[C@H]3C2=O)cc1. The van der Waals surface area contributed by atoms with E-state index in [2.05, 4.69) is 0 Å². The van der Waals surface area contributed by atoms with Crippen LogP contribution >= 0.6 is 0 Å². The van der Waals surface area contributed by atoms with Gasteiger partial charge in [0.05, 0.1) is 35.8 Å². The topological polar surface area (TPSA) is 55.8 Å². The van der Waals surface area contributed by atoms with E-state index in [-0.39, 0.29) is 17.9 Å². The maximum atomic E-state index is 12.8. The van der Waals surface area contributed by atoms with E-state index in [1.54, 1.807) is 24.3 Å². The van der Waals surface area contributed by atoms with Gasteiger partial charge in [-0.3, -0.25) is 9.59 Å². The first-order chi connectivity index (χ1) is 11.0. The number of anilines is 1. The number of hydrogen-bond acceptors (Lipinski definition) is 4. The minimum Gasteiger partial charge on any atom is -0.494 e. The van der Waals surface area contributed by atoms with Crippen LogP contribution in [0.1, 0.15) is 20.3 Å². The molecule has 1 aromatic rings. The summed E-state index contributed by atoms with van der Waals surface area (Å²) in [6, 6.07) is 7.12. The first kappa shape index (κ1) is 14.5. The fourth-order valence-corrected chi connectivity index (χ4v) is 3.82. The van der Waals surface area contributed by atoms with Crippen LogP contribution in [0.25, 0.3) is 0 Å². The third-order valence-corrected chi connectivity index (χ3v) is 4.90. The van der Waals surface area contributed by atoms with Crippen LogP contribution in [0.4, 0.5) is 5.69 Å².